The molecule has 1 aliphatic rings. The Morgan fingerprint density at radius 2 is 2.04 bits per heavy atom. The quantitative estimate of drug-likeness (QED) is 0.826. The lowest BCUT2D eigenvalue weighted by molar-refractivity contribution is -0.187. The number of halogens is 3. The van der Waals surface area contributed by atoms with Gasteiger partial charge < -0.3 is 5.32 Å². The predicted octanol–water partition coefficient (Wildman–Crippen LogP) is 2.35. The number of rotatable bonds is 4. The number of hydrogen-bond donors (Lipinski definition) is 2. The summed E-state index contributed by atoms with van der Waals surface area (Å²) in [6, 6.07) is 0.248. The molecule has 2 aromatic rings. The molecule has 10 heteroatoms. The maximum atomic E-state index is 13.2. The van der Waals surface area contributed by atoms with E-state index in [1.807, 2.05) is 6.92 Å². The number of hydrogen-bond acceptors (Lipinski definition) is 4. The number of H-pyrrole nitrogens is 1. The summed E-state index contributed by atoms with van der Waals surface area (Å²) >= 11 is 0. The molecule has 3 rings (SSSR count). The van der Waals surface area contributed by atoms with Gasteiger partial charge in [-0.25, -0.2) is 9.78 Å². The largest absolute Gasteiger partial charge is 0.393 e. The lowest BCUT2D eigenvalue weighted by Crippen LogP contribution is -2.47. The lowest BCUT2D eigenvalue weighted by Gasteiger charge is -2.33. The summed E-state index contributed by atoms with van der Waals surface area (Å²) in [5, 5.41) is 2.49. The van der Waals surface area contributed by atoms with Crippen LogP contribution in [0.15, 0.2) is 21.9 Å². The third kappa shape index (κ3) is 3.95. The van der Waals surface area contributed by atoms with Crippen molar-refractivity contribution in [2.24, 2.45) is 5.92 Å². The van der Waals surface area contributed by atoms with E-state index >= 15 is 0 Å². The van der Waals surface area contributed by atoms with Gasteiger partial charge >= 0.3 is 11.9 Å². The van der Waals surface area contributed by atoms with Gasteiger partial charge in [-0.05, 0) is 25.3 Å². The highest BCUT2D eigenvalue weighted by Crippen LogP contribution is 2.37. The smallest absolute Gasteiger partial charge is 0.349 e. The van der Waals surface area contributed by atoms with E-state index in [0.29, 0.717) is 25.8 Å². The van der Waals surface area contributed by atoms with Crippen molar-refractivity contribution in [1.82, 2.24) is 19.9 Å². The first-order valence-electron chi connectivity index (χ1n) is 9.22. The maximum absolute atomic E-state index is 13.2. The molecule has 152 valence electrons. The van der Waals surface area contributed by atoms with Crippen LogP contribution in [0.25, 0.3) is 11.0 Å². The zero-order chi connectivity index (χ0) is 20.5. The molecule has 2 aromatic heterocycles. The average Bonchev–Trinajstić information content (AvgIpc) is 2.64. The van der Waals surface area contributed by atoms with Crippen LogP contribution >= 0.6 is 0 Å². The van der Waals surface area contributed by atoms with Gasteiger partial charge in [0.15, 0.2) is 0 Å². The number of nitrogens with one attached hydrogen (secondary N) is 2. The fourth-order valence-electron chi connectivity index (χ4n) is 3.67. The van der Waals surface area contributed by atoms with Crippen LogP contribution in [0.3, 0.4) is 0 Å². The normalized spacial score (nSPS) is 20.3. The van der Waals surface area contributed by atoms with Gasteiger partial charge in [-0.2, -0.15) is 13.2 Å². The number of carbonyl (C=O) groups is 1. The van der Waals surface area contributed by atoms with E-state index in [9.17, 15) is 27.6 Å². The zero-order valence-corrected chi connectivity index (χ0v) is 15.3. The Hall–Kier alpha value is -2.65. The Morgan fingerprint density at radius 3 is 2.71 bits per heavy atom. The molecule has 0 spiro atoms. The van der Waals surface area contributed by atoms with Crippen LogP contribution in [0.1, 0.15) is 49.4 Å². The van der Waals surface area contributed by atoms with Crippen LogP contribution in [0.2, 0.25) is 0 Å². The molecule has 1 amide bonds. The Bertz CT molecular complexity index is 996. The molecule has 0 bridgehead atoms. The van der Waals surface area contributed by atoms with E-state index in [2.05, 4.69) is 15.3 Å². The molecular formula is C18H21F3N4O3. The van der Waals surface area contributed by atoms with Crippen molar-refractivity contribution in [3.05, 3.63) is 38.7 Å². The van der Waals surface area contributed by atoms with Crippen molar-refractivity contribution in [1.29, 1.82) is 0 Å². The number of aromatic amines is 1. The minimum atomic E-state index is -4.38. The van der Waals surface area contributed by atoms with Gasteiger partial charge in [0.05, 0.1) is 16.9 Å². The molecule has 28 heavy (non-hydrogen) atoms. The van der Waals surface area contributed by atoms with E-state index in [-0.39, 0.29) is 29.4 Å². The summed E-state index contributed by atoms with van der Waals surface area (Å²) in [6.45, 7) is 2.19. The summed E-state index contributed by atoms with van der Waals surface area (Å²) in [7, 11) is 0. The van der Waals surface area contributed by atoms with Gasteiger partial charge in [-0.15, -0.1) is 0 Å². The van der Waals surface area contributed by atoms with Crippen molar-refractivity contribution >= 4 is 16.9 Å². The van der Waals surface area contributed by atoms with E-state index in [4.69, 9.17) is 0 Å². The fraction of sp³-hybridized carbons (Fsp3) is 0.556. The summed E-state index contributed by atoms with van der Waals surface area (Å²) in [4.78, 5) is 42.8. The second-order valence-corrected chi connectivity index (χ2v) is 7.02. The van der Waals surface area contributed by atoms with Crippen LogP contribution in [-0.2, 0) is 6.54 Å². The van der Waals surface area contributed by atoms with Gasteiger partial charge in [-0.3, -0.25) is 19.1 Å². The first-order chi connectivity index (χ1) is 13.2. The number of nitrogens with zero attached hydrogens (tertiary/aromatic N) is 2. The predicted molar refractivity (Wildman–Crippen MR) is 96.2 cm³/mol. The summed E-state index contributed by atoms with van der Waals surface area (Å²) in [5.74, 6) is -2.31. The third-order valence-electron chi connectivity index (χ3n) is 5.04. The van der Waals surface area contributed by atoms with Crippen molar-refractivity contribution in [3.8, 4) is 0 Å². The number of alkyl halides is 3. The summed E-state index contributed by atoms with van der Waals surface area (Å²) < 4.78 is 40.9. The van der Waals surface area contributed by atoms with Gasteiger partial charge in [0, 0.05) is 18.8 Å². The molecule has 2 atom stereocenters. The molecule has 0 saturated heterocycles. The molecule has 0 aliphatic heterocycles. The van der Waals surface area contributed by atoms with E-state index in [1.54, 1.807) is 0 Å². The minimum absolute atomic E-state index is 0.0205. The molecule has 2 N–H and O–H groups in total. The topological polar surface area (TPSA) is 96.9 Å². The number of pyridine rings is 1. The average molecular weight is 398 g/mol. The van der Waals surface area contributed by atoms with Gasteiger partial charge in [0.25, 0.3) is 11.5 Å². The van der Waals surface area contributed by atoms with Crippen molar-refractivity contribution in [3.63, 3.8) is 0 Å². The van der Waals surface area contributed by atoms with Crippen LogP contribution < -0.4 is 16.6 Å². The van der Waals surface area contributed by atoms with Gasteiger partial charge in [-0.1, -0.05) is 19.8 Å². The Balaban J connectivity index is 1.92. The molecule has 2 heterocycles. The molecule has 0 radical (unpaired) electrons. The number of aryl methyl sites for hydroxylation is 1. The second kappa shape index (κ2) is 7.76. The molecule has 1 fully saturated rings. The van der Waals surface area contributed by atoms with Gasteiger partial charge in [0.2, 0.25) is 0 Å². The van der Waals surface area contributed by atoms with Crippen LogP contribution in [0.4, 0.5) is 13.2 Å². The highest BCUT2D eigenvalue weighted by atomic mass is 19.4. The molecule has 1 saturated carbocycles. The van der Waals surface area contributed by atoms with Crippen LogP contribution in [0.5, 0.6) is 0 Å². The van der Waals surface area contributed by atoms with Crippen molar-refractivity contribution < 1.29 is 18.0 Å². The molecule has 7 nitrogen and oxygen atoms in total. The molecular weight excluding hydrogens is 377 g/mol. The standard InChI is InChI=1S/C18H21F3N4O3/c1-2-7-25-14-11(16(27)24-17(25)28)8-10(9-22-14)15(26)23-13-6-4-3-5-12(13)18(19,20)21/h8-9,12-13H,2-7H2,1H3,(H,23,26)(H,24,27,28). The van der Waals surface area contributed by atoms with Crippen molar-refractivity contribution in [2.75, 3.05) is 0 Å². The second-order valence-electron chi connectivity index (χ2n) is 7.02. The van der Waals surface area contributed by atoms with Gasteiger partial charge in [0.1, 0.15) is 5.65 Å². The zero-order valence-electron chi connectivity index (χ0n) is 15.3. The molecule has 0 aromatic carbocycles. The first-order valence-corrected chi connectivity index (χ1v) is 9.22. The summed E-state index contributed by atoms with van der Waals surface area (Å²) in [6.07, 6.45) is -1.28. The Labute approximate surface area is 158 Å². The minimum Gasteiger partial charge on any atom is -0.349 e. The van der Waals surface area contributed by atoms with E-state index in [1.165, 1.54) is 16.8 Å². The SMILES string of the molecule is CCCn1c(=O)[nH]c(=O)c2cc(C(=O)NC3CCCCC3C(F)(F)F)cnc21. The monoisotopic (exact) mass is 398 g/mol. The fourth-order valence-corrected chi connectivity index (χ4v) is 3.67. The Kier molecular flexibility index (Phi) is 5.57. The van der Waals surface area contributed by atoms with Crippen molar-refractivity contribution in [2.45, 2.75) is 57.8 Å². The number of carbonyl (C=O) groups excluding carboxylic acids is 1. The molecule has 2 unspecified atom stereocenters. The number of fused-ring (bicyclic) bond motifs is 1. The summed E-state index contributed by atoms with van der Waals surface area (Å²) in [5.41, 5.74) is -1.18. The highest BCUT2D eigenvalue weighted by molar-refractivity contribution is 5.96. The van der Waals surface area contributed by atoms with Crippen LogP contribution in [-0.4, -0.2) is 32.7 Å². The van der Waals surface area contributed by atoms with Crippen LogP contribution in [0, 0.1) is 5.92 Å². The molecule has 1 aliphatic carbocycles. The number of aromatic nitrogens is 3. The Morgan fingerprint density at radius 1 is 1.32 bits per heavy atom. The number of amides is 1. The van der Waals surface area contributed by atoms with E-state index < -0.39 is 35.3 Å². The highest BCUT2D eigenvalue weighted by Gasteiger charge is 2.46. The van der Waals surface area contributed by atoms with E-state index in [0.717, 1.165) is 0 Å². The lowest BCUT2D eigenvalue weighted by atomic mass is 9.84. The maximum Gasteiger partial charge on any atom is 0.393 e. The first kappa shape index (κ1) is 20.1. The third-order valence-corrected chi connectivity index (χ3v) is 5.04.